The molecular formula is C74H80F8N8O4S2. The average Bonchev–Trinajstić information content (AvgIpc) is 1.52. The Labute approximate surface area is 608 Å². The van der Waals surface area contributed by atoms with E-state index in [1.165, 1.54) is 36.4 Å². The minimum Gasteiger partial charge on any atom is -0.336 e. The van der Waals surface area contributed by atoms with Gasteiger partial charge in [0.05, 0.1) is 26.2 Å². The molecule has 0 bridgehead atoms. The fraction of sp³-hybridized carbons (Fsp3) is 0.378. The van der Waals surface area contributed by atoms with Crippen LogP contribution in [0.25, 0.3) is 22.3 Å². The van der Waals surface area contributed by atoms with Crippen molar-refractivity contribution in [1.29, 1.82) is 0 Å². The van der Waals surface area contributed by atoms with Crippen molar-refractivity contribution in [2.75, 3.05) is 52.0 Å². The minimum atomic E-state index is -5.35. The van der Waals surface area contributed by atoms with Gasteiger partial charge in [-0.25, -0.2) is 8.78 Å². The van der Waals surface area contributed by atoms with E-state index in [-0.39, 0.29) is 72.2 Å². The van der Waals surface area contributed by atoms with Crippen LogP contribution < -0.4 is 11.1 Å². The number of rotatable bonds is 26. The number of hydrogen-bond acceptors (Lipinski definition) is 10. The number of halogens is 8. The Bertz CT molecular complexity index is 5650. The molecule has 508 valence electrons. The lowest BCUT2D eigenvalue weighted by atomic mass is 9.98. The van der Waals surface area contributed by atoms with Crippen molar-refractivity contribution >= 4 is 35.3 Å². The molecule has 96 heavy (non-hydrogen) atoms. The van der Waals surface area contributed by atoms with Gasteiger partial charge in [-0.3, -0.25) is 19.2 Å². The van der Waals surface area contributed by atoms with Gasteiger partial charge in [-0.1, -0.05) is 149 Å². The van der Waals surface area contributed by atoms with Crippen LogP contribution in [0.3, 0.4) is 0 Å². The maximum Gasteiger partial charge on any atom is 0.416 e. The number of amides is 2. The van der Waals surface area contributed by atoms with Crippen LogP contribution in [0.1, 0.15) is 146 Å². The van der Waals surface area contributed by atoms with Gasteiger partial charge in [-0.2, -0.15) is 36.3 Å². The molecule has 2 amide bonds. The fourth-order valence-corrected chi connectivity index (χ4v) is 10.8. The number of nitrogens with zero attached hydrogens (tertiary/aromatic N) is 8. The Morgan fingerprint density at radius 2 is 1.03 bits per heavy atom. The number of hydrogen-bond donors (Lipinski definition) is 0. The molecule has 0 saturated carbocycles. The maximum absolute atomic E-state index is 14.9. The number of carbonyl (C=O) groups is 2. The fourth-order valence-electron chi connectivity index (χ4n) is 9.34. The smallest absolute Gasteiger partial charge is 0.336 e. The van der Waals surface area contributed by atoms with Crippen molar-refractivity contribution in [1.82, 2.24) is 38.7 Å². The summed E-state index contributed by atoms with van der Waals surface area (Å²) in [4.78, 5) is 64.6. The van der Waals surface area contributed by atoms with E-state index in [4.69, 9.17) is 38.4 Å². The van der Waals surface area contributed by atoms with Crippen LogP contribution in [-0.4, -0.2) is 102 Å². The summed E-state index contributed by atoms with van der Waals surface area (Å²) in [5.41, 5.74) is -14.3. The Morgan fingerprint density at radius 3 is 1.53 bits per heavy atom. The molecule has 0 spiro atoms. The van der Waals surface area contributed by atoms with Gasteiger partial charge in [0.25, 0.3) is 11.1 Å². The summed E-state index contributed by atoms with van der Waals surface area (Å²) in [6.07, 6.45) is -15.6. The molecule has 8 aromatic rings. The highest BCUT2D eigenvalue weighted by Crippen LogP contribution is 2.35. The maximum atomic E-state index is 14.9. The summed E-state index contributed by atoms with van der Waals surface area (Å²) in [7, 11) is 0. The molecule has 0 aliphatic heterocycles. The molecule has 1 unspecified atom stereocenters. The average molecular weight is 1390 g/mol. The number of alkyl halides is 6. The molecule has 2 heterocycles. The number of carbonyl (C=O) groups excluding carboxylic acids is 2. The topological polar surface area (TPSA) is 117 Å². The van der Waals surface area contributed by atoms with Gasteiger partial charge in [0, 0.05) is 102 Å². The highest BCUT2D eigenvalue weighted by atomic mass is 32.2. The SMILES string of the molecule is [2H]C([2H])(Sc1nc(=O)c2c(n1CC(=O)N(Cc1ccc(-c3ccc(C(F)(F)F)cc3)cc1)C([2H])([2H])C([2H])([2H])N(C([2H])([2H])C)C([2H])([2H])C)C([2H])([2H])C([2H])(C)C2([2H])[2H])c1ccc(F)cc1.[2H]c1c([2H])c(-c2c([2H])c([2H])c(C(F)(F)F)c([2H])c2[2H])c([2H])c(C)c1CN(C(=O)Cn1c(SC([2H])([2H])c2ccc(F)cc2)nc(=O)c2c1CCC2)C([2H])([2H])C([2H])([2H])N(C([2H])([2H])C)C([2H])([2H])C. The summed E-state index contributed by atoms with van der Waals surface area (Å²) in [6, 6.07) is 8.95. The number of fused-ring (bicyclic) bond motifs is 2. The zero-order chi connectivity index (χ0) is 97.4. The van der Waals surface area contributed by atoms with Gasteiger partial charge in [0.2, 0.25) is 11.8 Å². The van der Waals surface area contributed by atoms with Gasteiger partial charge in [-0.15, -0.1) is 0 Å². The predicted molar refractivity (Wildman–Crippen MR) is 362 cm³/mol. The Hall–Kier alpha value is -7.92. The first-order chi connectivity index (χ1) is 57.9. The van der Waals surface area contributed by atoms with Gasteiger partial charge < -0.3 is 28.7 Å². The van der Waals surface area contributed by atoms with Crippen LogP contribution >= 0.6 is 23.5 Å². The summed E-state index contributed by atoms with van der Waals surface area (Å²) in [6.45, 7) is -26.9. The quantitative estimate of drug-likeness (QED) is 0.0295. The lowest BCUT2D eigenvalue weighted by molar-refractivity contribution is -0.138. The minimum absolute atomic E-state index is 0.0279. The van der Waals surface area contributed by atoms with Gasteiger partial charge in [0.15, 0.2) is 10.3 Å². The van der Waals surface area contributed by atoms with Crippen molar-refractivity contribution < 1.29 is 88.6 Å². The van der Waals surface area contributed by atoms with E-state index >= 15 is 0 Å². The van der Waals surface area contributed by atoms with Crippen molar-refractivity contribution in [3.8, 4) is 22.3 Å². The molecule has 22 heteroatoms. The standard InChI is InChI=1S/2C37H40F4N4O2S/c1-4-43(5-2)18-19-44(22-26-6-10-28(11-7-26)29-12-14-30(15-13-29)37(39,40)41)34(46)23-45-33-21-25(3)20-32(33)35(47)42-36(45)48-24-27-8-16-31(38)17-9-27;1-4-43(5-2)19-20-44(22-29-12-11-28(21-25(29)3)27-13-15-30(16-14-27)37(39,40)41)34(46)23-45-33-8-6-7-32(33)35(47)42-36(45)48-24-26-9-17-31(38)18-10-26/h6-17,25H,4-5,18-24H2,1-3H3;9-18,21H,4-8,19-20,22-24H2,1-3H3/i4D2,5D2,18D2,19D2,20D2,21D2,24D2,25D;4D2,5D2,11D,12D,13D,14D,15D,16D,19D2,20D2,21D,24D2. The molecule has 0 N–H and O–H groups in total. The number of benzene rings is 6. The Balaban J connectivity index is 0.000000289. The van der Waals surface area contributed by atoms with Gasteiger partial charge in [0.1, 0.15) is 24.7 Å². The largest absolute Gasteiger partial charge is 0.416 e. The van der Waals surface area contributed by atoms with Crippen LogP contribution in [0.15, 0.2) is 159 Å². The molecule has 0 radical (unpaired) electrons. The van der Waals surface area contributed by atoms with Crippen LogP contribution in [0.2, 0.25) is 0 Å². The second kappa shape index (κ2) is 32.9. The Kier molecular flexibility index (Phi) is 13.9. The van der Waals surface area contributed by atoms with Gasteiger partial charge in [-0.05, 0) is 169 Å². The first-order valence-electron chi connectivity index (χ1n) is 44.8. The van der Waals surface area contributed by atoms with E-state index in [0.29, 0.717) is 33.9 Å². The Morgan fingerprint density at radius 1 is 0.573 bits per heavy atom. The van der Waals surface area contributed by atoms with E-state index in [1.807, 2.05) is 0 Å². The van der Waals surface area contributed by atoms with Crippen molar-refractivity contribution in [3.05, 3.63) is 233 Å². The number of thioether (sulfide) groups is 2. The van der Waals surface area contributed by atoms with Gasteiger partial charge >= 0.3 is 12.4 Å². The lowest BCUT2D eigenvalue weighted by Crippen LogP contribution is -2.40. The zero-order valence-electron chi connectivity index (χ0n) is 83.7. The summed E-state index contributed by atoms with van der Waals surface area (Å²) in [5, 5.41) is -1.22. The first kappa shape index (κ1) is 40.7. The van der Waals surface area contributed by atoms with Crippen LogP contribution in [0.4, 0.5) is 35.1 Å². The highest BCUT2D eigenvalue weighted by Gasteiger charge is 2.33. The van der Waals surface area contributed by atoms with E-state index < -0.39 is 252 Å². The molecule has 10 rings (SSSR count). The van der Waals surface area contributed by atoms with Crippen LogP contribution in [-0.2, 0) is 85.1 Å². The predicted octanol–water partition coefficient (Wildman–Crippen LogP) is 15.0. The normalized spacial score (nSPS) is 21.8. The molecule has 1 atom stereocenters. The molecule has 0 saturated heterocycles. The molecule has 0 fully saturated rings. The van der Waals surface area contributed by atoms with Crippen molar-refractivity contribution in [3.63, 3.8) is 0 Å². The lowest BCUT2D eigenvalue weighted by Gasteiger charge is -2.28. The summed E-state index contributed by atoms with van der Waals surface area (Å²) < 4.78 is 388. The monoisotopic (exact) mass is 1390 g/mol. The molecule has 2 aliphatic carbocycles. The van der Waals surface area contributed by atoms with Crippen LogP contribution in [0.5, 0.6) is 0 Å². The van der Waals surface area contributed by atoms with Crippen LogP contribution in [0, 0.1) is 24.5 Å². The second-order valence-corrected chi connectivity index (χ2v) is 22.3. The van der Waals surface area contributed by atoms with E-state index in [2.05, 4.69) is 9.97 Å². The van der Waals surface area contributed by atoms with E-state index in [9.17, 15) is 59.8 Å². The number of likely N-dealkylation sites (N-methyl/N-ethyl adjacent to an activating group) is 2. The highest BCUT2D eigenvalue weighted by molar-refractivity contribution is 7.98. The van der Waals surface area contributed by atoms with Crippen molar-refractivity contribution in [2.24, 2.45) is 5.89 Å². The molecule has 12 nitrogen and oxygen atoms in total. The second-order valence-electron chi connectivity index (χ2n) is 20.7. The third kappa shape index (κ3) is 19.0. The van der Waals surface area contributed by atoms with E-state index in [1.54, 1.807) is 0 Å². The van der Waals surface area contributed by atoms with E-state index in [0.717, 1.165) is 107 Å². The molecule has 6 aromatic carbocycles. The first-order valence-corrected chi connectivity index (χ1v) is 30.5. The van der Waals surface area contributed by atoms with Crippen molar-refractivity contribution in [2.45, 2.75) is 134 Å². The number of aromatic nitrogens is 4. The molecule has 2 aliphatic rings. The molecular weight excluding hydrogens is 1280 g/mol. The third-order valence-electron chi connectivity index (χ3n) is 14.3. The third-order valence-corrected chi connectivity index (χ3v) is 15.9. The summed E-state index contributed by atoms with van der Waals surface area (Å²) >= 11 is 0.427. The molecule has 2 aromatic heterocycles. The summed E-state index contributed by atoms with van der Waals surface area (Å²) in [5.74, 6) is -7.17. The zero-order valence-corrected chi connectivity index (χ0v) is 53.4.